The quantitative estimate of drug-likeness (QED) is 0.335. The van der Waals surface area contributed by atoms with Crippen LogP contribution in [0.1, 0.15) is 72.1 Å². The van der Waals surface area contributed by atoms with E-state index >= 15 is 0 Å². The van der Waals surface area contributed by atoms with Crippen LogP contribution in [0, 0.1) is 5.41 Å². The summed E-state index contributed by atoms with van der Waals surface area (Å²) in [6, 6.07) is 0. The minimum atomic E-state index is 0.462. The van der Waals surface area contributed by atoms with Gasteiger partial charge in [0.1, 0.15) is 0 Å². The maximum Gasteiger partial charge on any atom is 0.00356 e. The molecule has 1 atom stereocenters. The highest BCUT2D eigenvalue weighted by molar-refractivity contribution is 7.80. The smallest absolute Gasteiger partial charge is 0.00356 e. The Bertz CT molecular complexity index is 323. The fourth-order valence-corrected chi connectivity index (χ4v) is 3.43. The Morgan fingerprint density at radius 2 is 2.00 bits per heavy atom. The molecule has 0 aromatic heterocycles. The van der Waals surface area contributed by atoms with Crippen molar-refractivity contribution in [3.05, 3.63) is 12.2 Å². The molecule has 0 aromatic carbocycles. The third kappa shape index (κ3) is 6.49. The van der Waals surface area contributed by atoms with Gasteiger partial charge in [-0.2, -0.15) is 0 Å². The molecule has 1 rings (SSSR count). The van der Waals surface area contributed by atoms with Gasteiger partial charge in [0.2, 0.25) is 0 Å². The molecule has 0 aromatic rings. The molecule has 0 N–H and O–H groups in total. The molecule has 0 heterocycles. The number of rotatable bonds is 8. The summed E-state index contributed by atoms with van der Waals surface area (Å²) in [6.45, 7) is 14.8. The van der Waals surface area contributed by atoms with Crippen LogP contribution in [0.3, 0.4) is 0 Å². The Labute approximate surface area is 131 Å². The Morgan fingerprint density at radius 1 is 1.25 bits per heavy atom. The van der Waals surface area contributed by atoms with E-state index in [2.05, 4.69) is 32.3 Å². The van der Waals surface area contributed by atoms with Gasteiger partial charge in [0.15, 0.2) is 0 Å². The summed E-state index contributed by atoms with van der Waals surface area (Å²) in [5, 5.41) is 0. The monoisotopic (exact) mass is 295 g/mol. The lowest BCUT2D eigenvalue weighted by Gasteiger charge is -2.35. The molecule has 0 saturated heterocycles. The minimum absolute atomic E-state index is 0.462. The molecule has 20 heavy (non-hydrogen) atoms. The molecule has 1 fully saturated rings. The molecule has 1 aliphatic rings. The highest BCUT2D eigenvalue weighted by Gasteiger charge is 2.28. The van der Waals surface area contributed by atoms with Crippen LogP contribution in [0.2, 0.25) is 0 Å². The van der Waals surface area contributed by atoms with Crippen LogP contribution in [0.4, 0.5) is 0 Å². The molecule has 1 nitrogen and oxygen atoms in total. The van der Waals surface area contributed by atoms with Crippen LogP contribution in [0.5, 0.6) is 0 Å². The van der Waals surface area contributed by atoms with Gasteiger partial charge in [-0.15, -0.1) is 0 Å². The lowest BCUT2D eigenvalue weighted by atomic mass is 9.82. The molecule has 0 amide bonds. The van der Waals surface area contributed by atoms with Gasteiger partial charge in [0, 0.05) is 13.1 Å². The topological polar surface area (TPSA) is 3.24 Å². The molecule has 1 unspecified atom stereocenters. The molecule has 2 heteroatoms. The van der Waals surface area contributed by atoms with E-state index in [1.165, 1.54) is 62.2 Å². The normalized spacial score (nSPS) is 23.9. The molecule has 0 spiro atoms. The van der Waals surface area contributed by atoms with E-state index in [4.69, 9.17) is 12.2 Å². The van der Waals surface area contributed by atoms with Crippen molar-refractivity contribution in [1.82, 2.24) is 4.90 Å². The molecule has 1 saturated carbocycles. The maximum atomic E-state index is 5.44. The zero-order valence-corrected chi connectivity index (χ0v) is 14.7. The van der Waals surface area contributed by atoms with Gasteiger partial charge in [0.05, 0.1) is 0 Å². The highest BCUT2D eigenvalue weighted by Crippen LogP contribution is 2.34. The zero-order valence-electron chi connectivity index (χ0n) is 13.8. The van der Waals surface area contributed by atoms with Gasteiger partial charge in [-0.3, -0.25) is 0 Å². The van der Waals surface area contributed by atoms with Crippen molar-refractivity contribution in [2.45, 2.75) is 72.1 Å². The van der Waals surface area contributed by atoms with Crippen molar-refractivity contribution in [1.29, 1.82) is 0 Å². The standard InChI is InChI=1S/C18H33NS/c1-5-13-19(14-10-16(3)6-2)15-18(4)11-7-8-17(20)9-12-18/h3,5-15H2,1-2,4H3. The third-order valence-electron chi connectivity index (χ3n) is 4.67. The number of thiocarbonyl (C=S) groups is 1. The van der Waals surface area contributed by atoms with Gasteiger partial charge in [-0.1, -0.05) is 45.1 Å². The fraction of sp³-hybridized carbons (Fsp3) is 0.833. The Hall–Kier alpha value is -0.210. The summed E-state index contributed by atoms with van der Waals surface area (Å²) < 4.78 is 0. The first kappa shape index (κ1) is 17.8. The summed E-state index contributed by atoms with van der Waals surface area (Å²) >= 11 is 5.44. The second kappa shape index (κ2) is 8.94. The van der Waals surface area contributed by atoms with Crippen LogP contribution in [0.25, 0.3) is 0 Å². The fourth-order valence-electron chi connectivity index (χ4n) is 3.18. The second-order valence-electron chi connectivity index (χ2n) is 6.83. The van der Waals surface area contributed by atoms with Crippen LogP contribution in [0.15, 0.2) is 12.2 Å². The molecule has 0 bridgehead atoms. The minimum Gasteiger partial charge on any atom is -0.302 e. The summed E-state index contributed by atoms with van der Waals surface area (Å²) in [6.07, 6.45) is 9.75. The Morgan fingerprint density at radius 3 is 2.65 bits per heavy atom. The van der Waals surface area contributed by atoms with Gasteiger partial charge >= 0.3 is 0 Å². The predicted octanol–water partition coefficient (Wildman–Crippen LogP) is 5.40. The first-order chi connectivity index (χ1) is 9.49. The van der Waals surface area contributed by atoms with Crippen molar-refractivity contribution in [2.24, 2.45) is 5.41 Å². The number of hydrogen-bond acceptors (Lipinski definition) is 2. The van der Waals surface area contributed by atoms with E-state index < -0.39 is 0 Å². The second-order valence-corrected chi connectivity index (χ2v) is 7.41. The first-order valence-electron chi connectivity index (χ1n) is 8.40. The molecular weight excluding hydrogens is 262 g/mol. The van der Waals surface area contributed by atoms with Crippen LogP contribution in [-0.2, 0) is 0 Å². The van der Waals surface area contributed by atoms with Crippen molar-refractivity contribution in [3.8, 4) is 0 Å². The molecule has 0 aliphatic heterocycles. The lowest BCUT2D eigenvalue weighted by Crippen LogP contribution is -2.37. The molecule has 116 valence electrons. The average Bonchev–Trinajstić information content (AvgIpc) is 2.58. The third-order valence-corrected chi connectivity index (χ3v) is 5.08. The summed E-state index contributed by atoms with van der Waals surface area (Å²) in [5.41, 5.74) is 1.85. The van der Waals surface area contributed by atoms with Gasteiger partial charge < -0.3 is 4.90 Å². The van der Waals surface area contributed by atoms with Gasteiger partial charge in [0.25, 0.3) is 0 Å². The average molecular weight is 296 g/mol. The number of nitrogens with zero attached hydrogens (tertiary/aromatic N) is 1. The number of hydrogen-bond donors (Lipinski definition) is 0. The van der Waals surface area contributed by atoms with E-state index in [9.17, 15) is 0 Å². The van der Waals surface area contributed by atoms with Crippen molar-refractivity contribution < 1.29 is 0 Å². The molecule has 0 radical (unpaired) electrons. The Balaban J connectivity index is 2.53. The van der Waals surface area contributed by atoms with E-state index in [0.29, 0.717) is 5.41 Å². The summed E-state index contributed by atoms with van der Waals surface area (Å²) in [4.78, 5) is 3.96. The van der Waals surface area contributed by atoms with Gasteiger partial charge in [-0.25, -0.2) is 0 Å². The zero-order chi connectivity index (χ0) is 15.0. The Kier molecular flexibility index (Phi) is 7.98. The first-order valence-corrected chi connectivity index (χ1v) is 8.80. The SMILES string of the molecule is C=C(CC)CCN(CCC)CC1(C)CCCC(=S)CC1. The van der Waals surface area contributed by atoms with Crippen LogP contribution >= 0.6 is 12.2 Å². The molecule has 1 aliphatic carbocycles. The maximum absolute atomic E-state index is 5.44. The van der Waals surface area contributed by atoms with Crippen molar-refractivity contribution >= 4 is 17.1 Å². The van der Waals surface area contributed by atoms with Crippen LogP contribution in [-0.4, -0.2) is 29.4 Å². The van der Waals surface area contributed by atoms with Crippen LogP contribution < -0.4 is 0 Å². The highest BCUT2D eigenvalue weighted by atomic mass is 32.1. The van der Waals surface area contributed by atoms with E-state index in [1.54, 1.807) is 0 Å². The predicted molar refractivity (Wildman–Crippen MR) is 94.6 cm³/mol. The largest absolute Gasteiger partial charge is 0.302 e. The van der Waals surface area contributed by atoms with Gasteiger partial charge in [-0.05, 0) is 68.2 Å². The lowest BCUT2D eigenvalue weighted by molar-refractivity contribution is 0.148. The summed E-state index contributed by atoms with van der Waals surface area (Å²) in [7, 11) is 0. The van der Waals surface area contributed by atoms with Crippen molar-refractivity contribution in [3.63, 3.8) is 0 Å². The summed E-state index contributed by atoms with van der Waals surface area (Å²) in [5.74, 6) is 0. The van der Waals surface area contributed by atoms with E-state index in [-0.39, 0.29) is 0 Å². The van der Waals surface area contributed by atoms with E-state index in [1.807, 2.05) is 0 Å². The molecular formula is C18H33NS. The van der Waals surface area contributed by atoms with E-state index in [0.717, 1.165) is 19.3 Å². The van der Waals surface area contributed by atoms with Crippen molar-refractivity contribution in [2.75, 3.05) is 19.6 Å².